The molecule has 0 aliphatic heterocycles. The van der Waals surface area contributed by atoms with E-state index in [-0.39, 0.29) is 6.10 Å². The lowest BCUT2D eigenvalue weighted by atomic mass is 10.1. The number of aromatic nitrogens is 5. The van der Waals surface area contributed by atoms with E-state index in [0.717, 1.165) is 12.0 Å². The van der Waals surface area contributed by atoms with Crippen LogP contribution in [0.4, 0.5) is 5.82 Å². The van der Waals surface area contributed by atoms with E-state index in [9.17, 15) is 0 Å². The van der Waals surface area contributed by atoms with Crippen molar-refractivity contribution in [1.29, 1.82) is 0 Å². The van der Waals surface area contributed by atoms with Gasteiger partial charge in [0.05, 0.1) is 11.3 Å². The van der Waals surface area contributed by atoms with E-state index in [4.69, 9.17) is 10.5 Å². The number of benzene rings is 1. The van der Waals surface area contributed by atoms with Gasteiger partial charge in [0.1, 0.15) is 12.4 Å². The van der Waals surface area contributed by atoms with E-state index in [1.54, 1.807) is 29.0 Å². The molecule has 0 bridgehead atoms. The van der Waals surface area contributed by atoms with Gasteiger partial charge in [0.15, 0.2) is 11.5 Å². The lowest BCUT2D eigenvalue weighted by Crippen LogP contribution is -2.07. The Labute approximate surface area is 150 Å². The van der Waals surface area contributed by atoms with Gasteiger partial charge in [-0.05, 0) is 18.1 Å². The fourth-order valence-electron chi connectivity index (χ4n) is 2.89. The summed E-state index contributed by atoms with van der Waals surface area (Å²) in [6, 6.07) is 13.6. The quantitative estimate of drug-likeness (QED) is 0.596. The number of fused-ring (bicyclic) bond motifs is 1. The molecule has 0 saturated heterocycles. The van der Waals surface area contributed by atoms with Crippen LogP contribution in [0.2, 0.25) is 0 Å². The number of nitrogen functional groups attached to an aromatic ring is 1. The maximum absolute atomic E-state index is 6.10. The van der Waals surface area contributed by atoms with E-state index >= 15 is 0 Å². The second-order valence-electron chi connectivity index (χ2n) is 5.82. The summed E-state index contributed by atoms with van der Waals surface area (Å²) in [6.07, 6.45) is 5.70. The second-order valence-corrected chi connectivity index (χ2v) is 5.82. The lowest BCUT2D eigenvalue weighted by Gasteiger charge is -2.17. The highest BCUT2D eigenvalue weighted by atomic mass is 16.5. The minimum atomic E-state index is -0.0849. The Kier molecular flexibility index (Phi) is 4.18. The normalized spacial score (nSPS) is 12.2. The van der Waals surface area contributed by atoms with Gasteiger partial charge >= 0.3 is 0 Å². The average Bonchev–Trinajstić information content (AvgIpc) is 3.02. The van der Waals surface area contributed by atoms with Gasteiger partial charge in [-0.1, -0.05) is 37.3 Å². The molecule has 0 radical (unpaired) electrons. The Bertz CT molecular complexity index is 1030. The second kappa shape index (κ2) is 6.79. The highest BCUT2D eigenvalue weighted by Crippen LogP contribution is 2.30. The van der Waals surface area contributed by atoms with E-state index in [0.29, 0.717) is 28.6 Å². The Balaban J connectivity index is 1.69. The van der Waals surface area contributed by atoms with Gasteiger partial charge in [-0.2, -0.15) is 0 Å². The van der Waals surface area contributed by atoms with Crippen LogP contribution in [0.25, 0.3) is 16.9 Å². The summed E-state index contributed by atoms with van der Waals surface area (Å²) >= 11 is 0. The zero-order valence-corrected chi connectivity index (χ0v) is 14.3. The van der Waals surface area contributed by atoms with Crippen molar-refractivity contribution in [1.82, 2.24) is 24.6 Å². The molecule has 0 aliphatic carbocycles. The van der Waals surface area contributed by atoms with Gasteiger partial charge < -0.3 is 10.5 Å². The maximum Gasteiger partial charge on any atom is 0.217 e. The molecule has 1 unspecified atom stereocenters. The van der Waals surface area contributed by atoms with Crippen LogP contribution in [0.1, 0.15) is 25.0 Å². The smallest absolute Gasteiger partial charge is 0.217 e. The zero-order chi connectivity index (χ0) is 17.9. The number of nitrogens with two attached hydrogens (primary N) is 1. The molecule has 2 N–H and O–H groups in total. The molecule has 3 aromatic heterocycles. The lowest BCUT2D eigenvalue weighted by molar-refractivity contribution is 0.192. The van der Waals surface area contributed by atoms with Crippen LogP contribution >= 0.6 is 0 Å². The van der Waals surface area contributed by atoms with Crippen LogP contribution in [-0.4, -0.2) is 24.6 Å². The molecule has 130 valence electrons. The molecule has 0 aliphatic rings. The molecule has 3 heterocycles. The molecule has 26 heavy (non-hydrogen) atoms. The Morgan fingerprint density at radius 2 is 1.96 bits per heavy atom. The van der Waals surface area contributed by atoms with Crippen molar-refractivity contribution >= 4 is 11.5 Å². The first-order valence-electron chi connectivity index (χ1n) is 8.39. The number of hydrogen-bond donors (Lipinski definition) is 1. The molecule has 1 aromatic carbocycles. The zero-order valence-electron chi connectivity index (χ0n) is 14.3. The molecule has 0 amide bonds. The van der Waals surface area contributed by atoms with Crippen molar-refractivity contribution in [2.45, 2.75) is 19.4 Å². The predicted molar refractivity (Wildman–Crippen MR) is 98.5 cm³/mol. The van der Waals surface area contributed by atoms with Gasteiger partial charge in [0.25, 0.3) is 0 Å². The van der Waals surface area contributed by atoms with Crippen molar-refractivity contribution in [3.8, 4) is 17.1 Å². The number of hydrogen-bond acceptors (Lipinski definition) is 6. The third-order valence-corrected chi connectivity index (χ3v) is 4.13. The van der Waals surface area contributed by atoms with Crippen molar-refractivity contribution in [3.63, 3.8) is 0 Å². The van der Waals surface area contributed by atoms with Crippen LogP contribution in [0.5, 0.6) is 5.88 Å². The number of anilines is 1. The minimum Gasteiger partial charge on any atom is -0.469 e. The largest absolute Gasteiger partial charge is 0.469 e. The summed E-state index contributed by atoms with van der Waals surface area (Å²) in [5.74, 6) is 0.851. The molecule has 4 aromatic rings. The van der Waals surface area contributed by atoms with Crippen LogP contribution < -0.4 is 10.5 Å². The van der Waals surface area contributed by atoms with Gasteiger partial charge in [-0.25, -0.2) is 19.5 Å². The van der Waals surface area contributed by atoms with Crippen molar-refractivity contribution in [3.05, 3.63) is 66.7 Å². The van der Waals surface area contributed by atoms with Gasteiger partial charge in [0.2, 0.25) is 5.88 Å². The molecule has 0 fully saturated rings. The number of ether oxygens (including phenoxy) is 1. The summed E-state index contributed by atoms with van der Waals surface area (Å²) in [5, 5.41) is 4.27. The van der Waals surface area contributed by atoms with Crippen LogP contribution in [0, 0.1) is 0 Å². The topological polar surface area (TPSA) is 91.2 Å². The summed E-state index contributed by atoms with van der Waals surface area (Å²) in [4.78, 5) is 12.9. The third kappa shape index (κ3) is 2.95. The van der Waals surface area contributed by atoms with Crippen molar-refractivity contribution < 1.29 is 4.74 Å². The van der Waals surface area contributed by atoms with E-state index < -0.39 is 0 Å². The fraction of sp³-hybridized carbons (Fsp3) is 0.158. The highest BCUT2D eigenvalue weighted by molar-refractivity contribution is 5.84. The molecule has 0 spiro atoms. The fourth-order valence-corrected chi connectivity index (χ4v) is 2.89. The predicted octanol–water partition coefficient (Wildman–Crippen LogP) is 3.30. The van der Waals surface area contributed by atoms with Crippen LogP contribution in [0.3, 0.4) is 0 Å². The number of nitrogens with zero attached hydrogens (tertiary/aromatic N) is 5. The summed E-state index contributed by atoms with van der Waals surface area (Å²) in [7, 11) is 0. The molecular weight excluding hydrogens is 328 g/mol. The highest BCUT2D eigenvalue weighted by Gasteiger charge is 2.17. The van der Waals surface area contributed by atoms with Crippen molar-refractivity contribution in [2.24, 2.45) is 0 Å². The summed E-state index contributed by atoms with van der Waals surface area (Å²) < 4.78 is 7.73. The molecular formula is C19H18N6O. The SMILES string of the molecule is CCC(Oc1cc(-c2c(N)nn3cccnc23)ncn1)c1ccccc1. The number of rotatable bonds is 5. The van der Waals surface area contributed by atoms with Gasteiger partial charge in [-0.3, -0.25) is 0 Å². The molecule has 0 saturated carbocycles. The molecule has 7 heteroatoms. The first kappa shape index (κ1) is 16.0. The van der Waals surface area contributed by atoms with E-state index in [2.05, 4.69) is 27.0 Å². The van der Waals surface area contributed by atoms with Gasteiger partial charge in [-0.15, -0.1) is 5.10 Å². The molecule has 4 rings (SSSR count). The minimum absolute atomic E-state index is 0.0849. The van der Waals surface area contributed by atoms with E-state index in [1.807, 2.05) is 30.3 Å². The Hall–Kier alpha value is -3.48. The summed E-state index contributed by atoms with van der Waals surface area (Å²) in [5.41, 5.74) is 9.13. The molecule has 7 nitrogen and oxygen atoms in total. The monoisotopic (exact) mass is 346 g/mol. The third-order valence-electron chi connectivity index (χ3n) is 4.13. The van der Waals surface area contributed by atoms with Crippen LogP contribution in [-0.2, 0) is 0 Å². The average molecular weight is 346 g/mol. The first-order chi connectivity index (χ1) is 12.8. The van der Waals surface area contributed by atoms with E-state index in [1.165, 1.54) is 6.33 Å². The standard InChI is InChI=1S/C19H18N6O/c1-2-15(13-7-4-3-5-8-13)26-16-11-14(22-12-23-16)17-18(20)24-25-10-6-9-21-19(17)25/h3-12,15H,2H2,1H3,(H2,20,24). The van der Waals surface area contributed by atoms with Crippen molar-refractivity contribution in [2.75, 3.05) is 5.73 Å². The maximum atomic E-state index is 6.10. The Morgan fingerprint density at radius 1 is 1.12 bits per heavy atom. The Morgan fingerprint density at radius 3 is 2.77 bits per heavy atom. The first-order valence-corrected chi connectivity index (χ1v) is 8.39. The van der Waals surface area contributed by atoms with Crippen LogP contribution in [0.15, 0.2) is 61.2 Å². The molecule has 1 atom stereocenters. The van der Waals surface area contributed by atoms with Gasteiger partial charge in [0, 0.05) is 18.5 Å². The summed E-state index contributed by atoms with van der Waals surface area (Å²) in [6.45, 7) is 2.08.